The van der Waals surface area contributed by atoms with E-state index in [2.05, 4.69) is 34.7 Å². The number of benzene rings is 1. The van der Waals surface area contributed by atoms with E-state index in [4.69, 9.17) is 0 Å². The highest BCUT2D eigenvalue weighted by molar-refractivity contribution is 5.91. The molecule has 2 aliphatic rings. The van der Waals surface area contributed by atoms with Gasteiger partial charge in [-0.25, -0.2) is 0 Å². The molecule has 1 saturated heterocycles. The number of amides is 1. The lowest BCUT2D eigenvalue weighted by molar-refractivity contribution is -0.119. The minimum atomic E-state index is 0.195. The van der Waals surface area contributed by atoms with Crippen molar-refractivity contribution in [3.05, 3.63) is 35.5 Å². The highest BCUT2D eigenvalue weighted by Crippen LogP contribution is 2.40. The second-order valence-corrected chi connectivity index (χ2v) is 4.77. The van der Waals surface area contributed by atoms with Crippen LogP contribution in [0.1, 0.15) is 23.5 Å². The average Bonchev–Trinajstić information content (AvgIpc) is 2.84. The predicted molar refractivity (Wildman–Crippen MR) is 61.3 cm³/mol. The molecule has 0 bridgehead atoms. The van der Waals surface area contributed by atoms with Gasteiger partial charge in [-0.3, -0.25) is 4.79 Å². The Morgan fingerprint density at radius 1 is 1.25 bits per heavy atom. The summed E-state index contributed by atoms with van der Waals surface area (Å²) < 4.78 is 0. The van der Waals surface area contributed by atoms with E-state index < -0.39 is 0 Å². The molecule has 1 amide bonds. The molecule has 4 rings (SSSR count). The molecular weight excluding hydrogens is 200 g/mol. The third kappa shape index (κ3) is 0.907. The molecule has 1 aromatic heterocycles. The summed E-state index contributed by atoms with van der Waals surface area (Å²) in [7, 11) is 0. The molecule has 0 unspecified atom stereocenters. The number of hydrogen-bond donors (Lipinski definition) is 2. The van der Waals surface area contributed by atoms with E-state index in [-0.39, 0.29) is 5.91 Å². The minimum absolute atomic E-state index is 0.195. The normalized spacial score (nSPS) is 26.9. The topological polar surface area (TPSA) is 44.9 Å². The number of carbonyl (C=O) groups is 1. The van der Waals surface area contributed by atoms with Crippen LogP contribution >= 0.6 is 0 Å². The fraction of sp³-hybridized carbons (Fsp3) is 0.308. The molecule has 1 aromatic carbocycles. The summed E-state index contributed by atoms with van der Waals surface area (Å²) in [6, 6.07) is 6.65. The van der Waals surface area contributed by atoms with Gasteiger partial charge in [0.25, 0.3) is 0 Å². The number of fused-ring (bicyclic) bond motifs is 2. The number of H-pyrrole nitrogens is 1. The standard InChI is InChI=1S/C13H12N2O/c16-12-5-9-8-2-1-3-10-13(8)7(6-14-10)4-11(9)15-12/h1-3,6,9,11,14H,4-5H2,(H,15,16)/t9-,11-/m1/s1. The van der Waals surface area contributed by atoms with Crippen molar-refractivity contribution in [3.8, 4) is 0 Å². The second kappa shape index (κ2) is 2.67. The van der Waals surface area contributed by atoms with Gasteiger partial charge in [-0.1, -0.05) is 12.1 Å². The van der Waals surface area contributed by atoms with Gasteiger partial charge >= 0.3 is 0 Å². The Hall–Kier alpha value is -1.77. The van der Waals surface area contributed by atoms with Gasteiger partial charge in [0.05, 0.1) is 0 Å². The maximum atomic E-state index is 11.5. The number of nitrogens with one attached hydrogen (secondary N) is 2. The molecule has 2 heterocycles. The van der Waals surface area contributed by atoms with Gasteiger partial charge in [-0.15, -0.1) is 0 Å². The van der Waals surface area contributed by atoms with Gasteiger partial charge in [-0.2, -0.15) is 0 Å². The molecular formula is C13H12N2O. The molecule has 0 saturated carbocycles. The number of rotatable bonds is 0. The van der Waals surface area contributed by atoms with Gasteiger partial charge in [0.2, 0.25) is 5.91 Å². The van der Waals surface area contributed by atoms with Crippen LogP contribution in [0.5, 0.6) is 0 Å². The maximum Gasteiger partial charge on any atom is 0.220 e. The summed E-state index contributed by atoms with van der Waals surface area (Å²) in [5.41, 5.74) is 3.88. The van der Waals surface area contributed by atoms with Crippen LogP contribution < -0.4 is 5.32 Å². The number of hydrogen-bond acceptors (Lipinski definition) is 1. The highest BCUT2D eigenvalue weighted by Gasteiger charge is 2.38. The molecule has 80 valence electrons. The summed E-state index contributed by atoms with van der Waals surface area (Å²) in [6.45, 7) is 0. The molecule has 0 spiro atoms. The van der Waals surface area contributed by atoms with Crippen LogP contribution in [-0.4, -0.2) is 16.9 Å². The van der Waals surface area contributed by atoms with Crippen molar-refractivity contribution in [1.82, 2.24) is 10.3 Å². The summed E-state index contributed by atoms with van der Waals surface area (Å²) in [6.07, 6.45) is 3.69. The van der Waals surface area contributed by atoms with Gasteiger partial charge in [-0.05, 0) is 23.6 Å². The summed E-state index contributed by atoms with van der Waals surface area (Å²) in [5, 5.41) is 4.42. The van der Waals surface area contributed by atoms with Crippen LogP contribution in [0.15, 0.2) is 24.4 Å². The van der Waals surface area contributed by atoms with Gasteiger partial charge in [0.15, 0.2) is 0 Å². The lowest BCUT2D eigenvalue weighted by Crippen LogP contribution is -2.32. The zero-order valence-corrected chi connectivity index (χ0v) is 8.79. The van der Waals surface area contributed by atoms with Crippen molar-refractivity contribution in [1.29, 1.82) is 0 Å². The maximum absolute atomic E-state index is 11.5. The van der Waals surface area contributed by atoms with Gasteiger partial charge < -0.3 is 10.3 Å². The van der Waals surface area contributed by atoms with E-state index in [1.54, 1.807) is 0 Å². The van der Waals surface area contributed by atoms with Crippen LogP contribution in [0.3, 0.4) is 0 Å². The first-order valence-electron chi connectivity index (χ1n) is 5.71. The molecule has 2 N–H and O–H groups in total. The van der Waals surface area contributed by atoms with E-state index in [0.29, 0.717) is 18.4 Å². The molecule has 2 aromatic rings. The van der Waals surface area contributed by atoms with E-state index in [1.165, 1.54) is 22.0 Å². The highest BCUT2D eigenvalue weighted by atomic mass is 16.2. The summed E-state index contributed by atoms with van der Waals surface area (Å²) >= 11 is 0. The fourth-order valence-electron chi connectivity index (χ4n) is 3.22. The van der Waals surface area contributed by atoms with Crippen molar-refractivity contribution in [2.45, 2.75) is 24.8 Å². The Labute approximate surface area is 92.8 Å². The first-order valence-corrected chi connectivity index (χ1v) is 5.71. The van der Waals surface area contributed by atoms with Crippen LogP contribution in [-0.2, 0) is 11.2 Å². The van der Waals surface area contributed by atoms with Crippen LogP contribution in [0.25, 0.3) is 10.9 Å². The molecule has 2 atom stereocenters. The van der Waals surface area contributed by atoms with Crippen molar-refractivity contribution >= 4 is 16.8 Å². The van der Waals surface area contributed by atoms with Crippen LogP contribution in [0.4, 0.5) is 0 Å². The molecule has 3 nitrogen and oxygen atoms in total. The Bertz CT molecular complexity index is 599. The molecule has 1 fully saturated rings. The van der Waals surface area contributed by atoms with E-state index >= 15 is 0 Å². The first kappa shape index (κ1) is 8.39. The Kier molecular flexibility index (Phi) is 1.40. The Balaban J connectivity index is 2.02. The Morgan fingerprint density at radius 3 is 3.12 bits per heavy atom. The van der Waals surface area contributed by atoms with Crippen molar-refractivity contribution in [3.63, 3.8) is 0 Å². The third-order valence-electron chi connectivity index (χ3n) is 3.90. The predicted octanol–water partition coefficient (Wildman–Crippen LogP) is 1.70. The zero-order chi connectivity index (χ0) is 10.7. The lowest BCUT2D eigenvalue weighted by atomic mass is 9.81. The van der Waals surface area contributed by atoms with Gasteiger partial charge in [0, 0.05) is 35.5 Å². The van der Waals surface area contributed by atoms with Crippen molar-refractivity contribution in [2.24, 2.45) is 0 Å². The average molecular weight is 212 g/mol. The largest absolute Gasteiger partial charge is 0.361 e. The molecule has 1 aliphatic heterocycles. The second-order valence-electron chi connectivity index (χ2n) is 4.77. The minimum Gasteiger partial charge on any atom is -0.361 e. The third-order valence-corrected chi connectivity index (χ3v) is 3.90. The van der Waals surface area contributed by atoms with Gasteiger partial charge in [0.1, 0.15) is 0 Å². The molecule has 1 aliphatic carbocycles. The van der Waals surface area contributed by atoms with Crippen LogP contribution in [0.2, 0.25) is 0 Å². The summed E-state index contributed by atoms with van der Waals surface area (Å²) in [5.74, 6) is 0.570. The number of aromatic amines is 1. The zero-order valence-electron chi connectivity index (χ0n) is 8.79. The van der Waals surface area contributed by atoms with E-state index in [9.17, 15) is 4.79 Å². The molecule has 3 heteroatoms. The van der Waals surface area contributed by atoms with Crippen LogP contribution in [0, 0.1) is 0 Å². The first-order chi connectivity index (χ1) is 7.83. The fourth-order valence-corrected chi connectivity index (χ4v) is 3.22. The quantitative estimate of drug-likeness (QED) is 0.686. The Morgan fingerprint density at radius 2 is 2.19 bits per heavy atom. The number of aromatic nitrogens is 1. The van der Waals surface area contributed by atoms with E-state index in [0.717, 1.165) is 6.42 Å². The van der Waals surface area contributed by atoms with Crippen molar-refractivity contribution < 1.29 is 4.79 Å². The monoisotopic (exact) mass is 212 g/mol. The SMILES string of the molecule is O=C1C[C@@H]2c3cccc4[nH]cc(c34)C[C@H]2N1. The summed E-state index contributed by atoms with van der Waals surface area (Å²) in [4.78, 5) is 14.8. The smallest absolute Gasteiger partial charge is 0.220 e. The van der Waals surface area contributed by atoms with Crippen molar-refractivity contribution in [2.75, 3.05) is 0 Å². The number of carbonyl (C=O) groups excluding carboxylic acids is 1. The van der Waals surface area contributed by atoms with E-state index in [1.807, 2.05) is 0 Å². The molecule has 0 radical (unpaired) electrons. The molecule has 16 heavy (non-hydrogen) atoms. The lowest BCUT2D eigenvalue weighted by Gasteiger charge is -2.25.